The molecular formula is C21H66B6. The van der Waals surface area contributed by atoms with Gasteiger partial charge in [-0.2, -0.15) is 0 Å². The zero-order valence-electron chi connectivity index (χ0n) is 23.5. The Morgan fingerprint density at radius 2 is 0.370 bits per heavy atom. The second-order valence-corrected chi connectivity index (χ2v) is 0.192. The molecule has 0 rings (SSSR count). The van der Waals surface area contributed by atoms with Gasteiger partial charge in [0, 0.05) is 47.8 Å². The molecule has 27 heavy (non-hydrogen) atoms. The monoisotopic (exact) mass is 387 g/mol. The molecule has 0 atom stereocenters. The van der Waals surface area contributed by atoms with Crippen LogP contribution in [0, 0.1) is 0 Å². The summed E-state index contributed by atoms with van der Waals surface area (Å²) >= 11 is 0. The third-order valence-corrected chi connectivity index (χ3v) is 0. The normalized spacial score (nSPS) is 2.81. The van der Waals surface area contributed by atoms with E-state index in [-0.39, 0.29) is 17.3 Å². The van der Waals surface area contributed by atoms with E-state index < -0.39 is 0 Å². The SMILES string of the molecule is C.CC.CC.CC.CC.CC.CC.CC.CC.CC.CC.[3HH].[B].[B][B].[B][B][B]. The van der Waals surface area contributed by atoms with Crippen LogP contribution in [0.15, 0.2) is 0 Å². The molecule has 0 saturated heterocycles. The predicted molar refractivity (Wildman–Crippen MR) is 157 cm³/mol. The van der Waals surface area contributed by atoms with E-state index in [0.717, 1.165) is 7.06 Å². The molecule has 0 bridgehead atoms. The summed E-state index contributed by atoms with van der Waals surface area (Å²) in [5, 5.41) is 0. The van der Waals surface area contributed by atoms with Crippen molar-refractivity contribution in [1.82, 2.24) is 0 Å². The second kappa shape index (κ2) is 8810. The van der Waals surface area contributed by atoms with E-state index in [1.165, 1.54) is 0 Å². The molecule has 0 spiro atoms. The summed E-state index contributed by atoms with van der Waals surface area (Å²) in [4.78, 5) is 0. The molecular weight excluding hydrogens is 317 g/mol. The third kappa shape index (κ3) is 103000. The zero-order valence-corrected chi connectivity index (χ0v) is 23.5. The topological polar surface area (TPSA) is 0 Å². The van der Waals surface area contributed by atoms with Crippen molar-refractivity contribution in [2.24, 2.45) is 0 Å². The van der Waals surface area contributed by atoms with Crippen LogP contribution < -0.4 is 0 Å². The first-order valence-electron chi connectivity index (χ1n) is 11.0. The maximum Gasteiger partial charge on any atom is 0 e. The first-order valence-corrected chi connectivity index (χ1v) is 11.0. The molecule has 0 heterocycles. The van der Waals surface area contributed by atoms with Crippen LogP contribution >= 0.6 is 0 Å². The lowest BCUT2D eigenvalue weighted by molar-refractivity contribution is 1.50. The number of rotatable bonds is 0. The summed E-state index contributed by atoms with van der Waals surface area (Å²) < 4.78 is 0. The van der Waals surface area contributed by atoms with Crippen molar-refractivity contribution in [2.45, 2.75) is 146 Å². The Balaban J connectivity index is -0.00000000503. The van der Waals surface area contributed by atoms with Crippen molar-refractivity contribution in [3.8, 4) is 0 Å². The Kier molecular flexibility index (Phi) is 34700. The van der Waals surface area contributed by atoms with Crippen LogP contribution in [-0.2, 0) is 0 Å². The maximum absolute atomic E-state index is 4.50. The van der Waals surface area contributed by atoms with Gasteiger partial charge >= 0.3 is 0 Å². The fraction of sp³-hybridized carbons (Fsp3) is 1.00. The van der Waals surface area contributed by atoms with Gasteiger partial charge in [0.1, 0.15) is 0 Å². The minimum atomic E-state index is 0. The quantitative estimate of drug-likeness (QED) is 0.365. The van der Waals surface area contributed by atoms with Crippen molar-refractivity contribution in [2.75, 3.05) is 0 Å². The molecule has 12 radical (unpaired) electrons. The summed E-state index contributed by atoms with van der Waals surface area (Å²) in [5.41, 5.74) is 0. The minimum Gasteiger partial charge on any atom is -0.0776 e. The average molecular weight is 386 g/mol. The highest BCUT2D eigenvalue weighted by molar-refractivity contribution is 7.17. The molecule has 0 saturated carbocycles. The van der Waals surface area contributed by atoms with Crippen LogP contribution in [0.1, 0.15) is 147 Å². The number of hydrogen-bond donors (Lipinski definition) is 0. The van der Waals surface area contributed by atoms with E-state index in [2.05, 4.69) is 30.9 Å². The van der Waals surface area contributed by atoms with Crippen LogP contribution in [-0.4, -0.2) is 46.4 Å². The lowest BCUT2D eigenvalue weighted by Crippen LogP contribution is -1.79. The Bertz CT molecular complexity index is 26.9. The summed E-state index contributed by atoms with van der Waals surface area (Å²) in [5.74, 6) is 0. The largest absolute Gasteiger partial charge is 0.0776 e. The molecule has 0 amide bonds. The van der Waals surface area contributed by atoms with Crippen LogP contribution in [0.5, 0.6) is 0 Å². The molecule has 6 heteroatoms. The molecule has 0 N–H and O–H groups in total. The summed E-state index contributed by atoms with van der Waals surface area (Å²) in [7, 11) is 18.0. The molecule has 0 aliphatic carbocycles. The fourth-order valence-corrected chi connectivity index (χ4v) is 0. The van der Waals surface area contributed by atoms with E-state index in [0.29, 0.717) is 0 Å². The van der Waals surface area contributed by atoms with Gasteiger partial charge in [-0.15, -0.1) is 0 Å². The molecule has 0 aromatic rings. The lowest BCUT2D eigenvalue weighted by Gasteiger charge is -1.41. The zero-order chi connectivity index (χ0) is 24.7. The van der Waals surface area contributed by atoms with Crippen molar-refractivity contribution < 1.29 is 1.43 Å². The van der Waals surface area contributed by atoms with Crippen LogP contribution in [0.2, 0.25) is 0 Å². The van der Waals surface area contributed by atoms with E-state index in [9.17, 15) is 0 Å². The van der Waals surface area contributed by atoms with Gasteiger partial charge in [-0.3, -0.25) is 0 Å². The molecule has 0 aromatic carbocycles. The standard InChI is InChI=1S/10C2H6.CH4.B3.B2.B.H2/c10*1-2;;1-3-2;1-2;;/h10*1-2H3;1H4;;;;1H/i;;;;;;;;;;;;;;1+2. The highest BCUT2D eigenvalue weighted by atomic mass is 13.0. The van der Waals surface area contributed by atoms with Gasteiger partial charge in [0.15, 0.2) is 0 Å². The van der Waals surface area contributed by atoms with Crippen molar-refractivity contribution >= 4 is 46.4 Å². The van der Waals surface area contributed by atoms with Crippen LogP contribution in [0.25, 0.3) is 0 Å². The van der Waals surface area contributed by atoms with Crippen molar-refractivity contribution in [1.29, 1.82) is 0 Å². The van der Waals surface area contributed by atoms with E-state index in [1.54, 1.807) is 0 Å². The van der Waals surface area contributed by atoms with E-state index in [4.69, 9.17) is 0 Å². The summed E-state index contributed by atoms with van der Waals surface area (Å²) in [6.07, 6.45) is 0. The minimum absolute atomic E-state index is 0. The average Bonchev–Trinajstić information content (AvgIpc) is 2.83. The predicted octanol–water partition coefficient (Wildman–Crippen LogP) is 8.86. The fourth-order valence-electron chi connectivity index (χ4n) is 0. The van der Waals surface area contributed by atoms with Crippen LogP contribution in [0.3, 0.4) is 0 Å². The molecule has 0 fully saturated rings. The second-order valence-electron chi connectivity index (χ2n) is 0.192. The van der Waals surface area contributed by atoms with Gasteiger partial charge in [0.2, 0.25) is 0 Å². The smallest absolute Gasteiger partial charge is 0 e. The summed E-state index contributed by atoms with van der Waals surface area (Å²) in [6.45, 7) is 40.0. The highest BCUT2D eigenvalue weighted by Crippen LogP contribution is 1.16. The maximum atomic E-state index is 4.50. The molecule has 0 unspecified atom stereocenters. The van der Waals surface area contributed by atoms with Gasteiger partial charge in [0.25, 0.3) is 0 Å². The molecule has 168 valence electrons. The third-order valence-electron chi connectivity index (χ3n) is 0. The Morgan fingerprint density at radius 1 is 0.370 bits per heavy atom. The van der Waals surface area contributed by atoms with Gasteiger partial charge in [-0.25, -0.2) is 0 Å². The molecule has 0 aliphatic heterocycles. The Labute approximate surface area is 193 Å². The van der Waals surface area contributed by atoms with Gasteiger partial charge < -0.3 is 0 Å². The Morgan fingerprint density at radius 3 is 0.370 bits per heavy atom. The molecule has 0 nitrogen and oxygen atoms in total. The molecule has 0 aromatic heterocycles. The highest BCUT2D eigenvalue weighted by Gasteiger charge is 1.41. The van der Waals surface area contributed by atoms with Crippen molar-refractivity contribution in [3.63, 3.8) is 0 Å². The molecule has 0 aliphatic rings. The van der Waals surface area contributed by atoms with Gasteiger partial charge in [-0.05, 0) is 0 Å². The van der Waals surface area contributed by atoms with Gasteiger partial charge in [0.05, 0.1) is 0 Å². The van der Waals surface area contributed by atoms with E-state index in [1.807, 2.05) is 138 Å². The number of hydrogen-bond acceptors (Lipinski definition) is 0. The van der Waals surface area contributed by atoms with Gasteiger partial charge in [-0.1, -0.05) is 146 Å². The van der Waals surface area contributed by atoms with Crippen LogP contribution in [0.4, 0.5) is 0 Å². The Hall–Kier alpha value is 0.390. The van der Waals surface area contributed by atoms with E-state index >= 15 is 0 Å². The first kappa shape index (κ1) is 106. The first-order chi connectivity index (χ1) is 12.4. The summed E-state index contributed by atoms with van der Waals surface area (Å²) in [6, 6.07) is 0. The lowest BCUT2D eigenvalue weighted by atomic mass is 9.40. The van der Waals surface area contributed by atoms with Crippen molar-refractivity contribution in [3.05, 3.63) is 0 Å².